The zero-order valence-corrected chi connectivity index (χ0v) is 13.6. The van der Waals surface area contributed by atoms with E-state index >= 15 is 0 Å². The largest absolute Gasteiger partial charge is 0.298 e. The maximum Gasteiger partial charge on any atom is 0.0226 e. The molecule has 112 valence electrons. The van der Waals surface area contributed by atoms with Crippen LogP contribution in [0, 0.1) is 0 Å². The van der Waals surface area contributed by atoms with Crippen molar-refractivity contribution in [3.8, 4) is 0 Å². The Kier molecular flexibility index (Phi) is 5.30. The fourth-order valence-corrected chi connectivity index (χ4v) is 4.54. The average molecular weight is 266 g/mol. The van der Waals surface area contributed by atoms with Crippen LogP contribution in [0.5, 0.6) is 0 Å². The van der Waals surface area contributed by atoms with Gasteiger partial charge in [0.05, 0.1) is 0 Å². The van der Waals surface area contributed by atoms with Crippen LogP contribution in [-0.2, 0) is 0 Å². The smallest absolute Gasteiger partial charge is 0.0226 e. The monoisotopic (exact) mass is 266 g/mol. The SMILES string of the molecule is CCC1CN2CCCCC2CN1C(CC)(CC)CC. The Hall–Kier alpha value is -0.0800. The molecular weight excluding hydrogens is 232 g/mol. The van der Waals surface area contributed by atoms with Crippen molar-refractivity contribution in [1.29, 1.82) is 0 Å². The van der Waals surface area contributed by atoms with Crippen molar-refractivity contribution in [1.82, 2.24) is 9.80 Å². The Morgan fingerprint density at radius 3 is 2.21 bits per heavy atom. The minimum absolute atomic E-state index is 0.463. The van der Waals surface area contributed by atoms with Crippen LogP contribution in [0.3, 0.4) is 0 Å². The fraction of sp³-hybridized carbons (Fsp3) is 1.00. The van der Waals surface area contributed by atoms with Gasteiger partial charge in [-0.05, 0) is 45.1 Å². The van der Waals surface area contributed by atoms with E-state index in [-0.39, 0.29) is 0 Å². The summed E-state index contributed by atoms with van der Waals surface area (Å²) in [7, 11) is 0. The van der Waals surface area contributed by atoms with E-state index in [0.717, 1.165) is 12.1 Å². The van der Waals surface area contributed by atoms with Crippen molar-refractivity contribution < 1.29 is 0 Å². The first kappa shape index (κ1) is 15.3. The van der Waals surface area contributed by atoms with E-state index in [9.17, 15) is 0 Å². The van der Waals surface area contributed by atoms with Crippen LogP contribution in [0.25, 0.3) is 0 Å². The van der Waals surface area contributed by atoms with Crippen molar-refractivity contribution in [2.75, 3.05) is 19.6 Å². The number of hydrogen-bond acceptors (Lipinski definition) is 2. The van der Waals surface area contributed by atoms with Gasteiger partial charge < -0.3 is 0 Å². The summed E-state index contributed by atoms with van der Waals surface area (Å²) in [5, 5.41) is 0. The van der Waals surface area contributed by atoms with Crippen molar-refractivity contribution >= 4 is 0 Å². The van der Waals surface area contributed by atoms with Gasteiger partial charge in [-0.1, -0.05) is 34.1 Å². The Morgan fingerprint density at radius 1 is 0.947 bits per heavy atom. The predicted octanol–water partition coefficient (Wildman–Crippen LogP) is 3.90. The molecule has 0 aliphatic carbocycles. The molecule has 0 bridgehead atoms. The molecule has 2 unspecified atom stereocenters. The lowest BCUT2D eigenvalue weighted by Crippen LogP contribution is -2.65. The molecule has 0 saturated carbocycles. The van der Waals surface area contributed by atoms with Crippen LogP contribution in [0.4, 0.5) is 0 Å². The summed E-state index contributed by atoms with van der Waals surface area (Å²) in [6, 6.07) is 1.63. The standard InChI is InChI=1S/C17H34N2/c1-5-15-13-18-12-10-9-11-16(18)14-19(15)17(6-2,7-3)8-4/h15-16H,5-14H2,1-4H3. The Balaban J connectivity index is 2.17. The molecule has 2 aliphatic heterocycles. The summed E-state index contributed by atoms with van der Waals surface area (Å²) in [6.45, 7) is 13.6. The highest BCUT2D eigenvalue weighted by atomic mass is 15.3. The van der Waals surface area contributed by atoms with Gasteiger partial charge in [0.15, 0.2) is 0 Å². The summed E-state index contributed by atoms with van der Waals surface area (Å²) in [5.41, 5.74) is 0.463. The topological polar surface area (TPSA) is 6.48 Å². The molecule has 0 spiro atoms. The van der Waals surface area contributed by atoms with Gasteiger partial charge in [0.1, 0.15) is 0 Å². The van der Waals surface area contributed by atoms with Crippen LogP contribution in [0.2, 0.25) is 0 Å². The second-order valence-corrected chi connectivity index (χ2v) is 6.64. The van der Waals surface area contributed by atoms with Crippen molar-refractivity contribution in [3.63, 3.8) is 0 Å². The molecule has 19 heavy (non-hydrogen) atoms. The number of piperazine rings is 1. The molecule has 2 fully saturated rings. The second kappa shape index (κ2) is 6.58. The Labute approximate surface area is 120 Å². The third-order valence-corrected chi connectivity index (χ3v) is 6.10. The first-order chi connectivity index (χ1) is 9.20. The lowest BCUT2D eigenvalue weighted by atomic mass is 9.83. The highest BCUT2D eigenvalue weighted by Crippen LogP contribution is 2.35. The summed E-state index contributed by atoms with van der Waals surface area (Å²) in [5.74, 6) is 0. The van der Waals surface area contributed by atoms with E-state index in [2.05, 4.69) is 37.5 Å². The lowest BCUT2D eigenvalue weighted by molar-refractivity contribution is -0.0601. The van der Waals surface area contributed by atoms with Gasteiger partial charge in [-0.3, -0.25) is 9.80 Å². The highest BCUT2D eigenvalue weighted by molar-refractivity contribution is 4.98. The molecule has 2 saturated heterocycles. The van der Waals surface area contributed by atoms with Gasteiger partial charge >= 0.3 is 0 Å². The number of nitrogens with zero attached hydrogens (tertiary/aromatic N) is 2. The molecule has 2 aliphatic rings. The molecule has 0 amide bonds. The van der Waals surface area contributed by atoms with E-state index in [0.29, 0.717) is 5.54 Å². The molecule has 2 nitrogen and oxygen atoms in total. The zero-order valence-electron chi connectivity index (χ0n) is 13.6. The van der Waals surface area contributed by atoms with Crippen molar-refractivity contribution in [2.45, 2.75) is 90.3 Å². The molecule has 0 aromatic carbocycles. The quantitative estimate of drug-likeness (QED) is 0.744. The van der Waals surface area contributed by atoms with Gasteiger partial charge in [-0.15, -0.1) is 0 Å². The van der Waals surface area contributed by atoms with E-state index < -0.39 is 0 Å². The highest BCUT2D eigenvalue weighted by Gasteiger charge is 2.42. The molecule has 2 heterocycles. The third kappa shape index (κ3) is 2.85. The van der Waals surface area contributed by atoms with Gasteiger partial charge in [0, 0.05) is 30.7 Å². The average Bonchev–Trinajstić information content (AvgIpc) is 2.49. The molecule has 0 aromatic rings. The van der Waals surface area contributed by atoms with Crippen LogP contribution in [-0.4, -0.2) is 47.1 Å². The zero-order chi connectivity index (χ0) is 13.9. The Bertz CT molecular complexity index is 264. The van der Waals surface area contributed by atoms with Gasteiger partial charge in [-0.2, -0.15) is 0 Å². The van der Waals surface area contributed by atoms with Crippen LogP contribution in [0.15, 0.2) is 0 Å². The van der Waals surface area contributed by atoms with Gasteiger partial charge in [0.2, 0.25) is 0 Å². The lowest BCUT2D eigenvalue weighted by Gasteiger charge is -2.55. The number of rotatable bonds is 5. The molecule has 2 rings (SSSR count). The summed E-state index contributed by atoms with van der Waals surface area (Å²) in [6.07, 6.45) is 9.54. The maximum absolute atomic E-state index is 2.92. The van der Waals surface area contributed by atoms with Crippen molar-refractivity contribution in [2.24, 2.45) is 0 Å². The van der Waals surface area contributed by atoms with Gasteiger partial charge in [-0.25, -0.2) is 0 Å². The minimum atomic E-state index is 0.463. The van der Waals surface area contributed by atoms with Crippen LogP contribution >= 0.6 is 0 Å². The predicted molar refractivity (Wildman–Crippen MR) is 83.6 cm³/mol. The van der Waals surface area contributed by atoms with E-state index in [4.69, 9.17) is 0 Å². The number of piperidine rings is 1. The molecule has 2 atom stereocenters. The molecular formula is C17H34N2. The normalized spacial score (nSPS) is 30.3. The second-order valence-electron chi connectivity index (χ2n) is 6.64. The molecule has 0 N–H and O–H groups in total. The van der Waals surface area contributed by atoms with Gasteiger partial charge in [0.25, 0.3) is 0 Å². The summed E-state index contributed by atoms with van der Waals surface area (Å²) >= 11 is 0. The number of fused-ring (bicyclic) bond motifs is 1. The number of hydrogen-bond donors (Lipinski definition) is 0. The van der Waals surface area contributed by atoms with Crippen LogP contribution in [0.1, 0.15) is 72.6 Å². The molecule has 0 aromatic heterocycles. The first-order valence-corrected chi connectivity index (χ1v) is 8.71. The fourth-order valence-electron chi connectivity index (χ4n) is 4.54. The van der Waals surface area contributed by atoms with E-state index in [1.165, 1.54) is 64.6 Å². The van der Waals surface area contributed by atoms with Crippen molar-refractivity contribution in [3.05, 3.63) is 0 Å². The maximum atomic E-state index is 2.92. The van der Waals surface area contributed by atoms with E-state index in [1.54, 1.807) is 0 Å². The minimum Gasteiger partial charge on any atom is -0.298 e. The summed E-state index contributed by atoms with van der Waals surface area (Å²) < 4.78 is 0. The summed E-state index contributed by atoms with van der Waals surface area (Å²) in [4.78, 5) is 5.71. The Morgan fingerprint density at radius 2 is 1.63 bits per heavy atom. The first-order valence-electron chi connectivity index (χ1n) is 8.71. The van der Waals surface area contributed by atoms with Crippen LogP contribution < -0.4 is 0 Å². The third-order valence-electron chi connectivity index (χ3n) is 6.10. The molecule has 2 heteroatoms. The molecule has 0 radical (unpaired) electrons. The van der Waals surface area contributed by atoms with E-state index in [1.807, 2.05) is 0 Å².